The van der Waals surface area contributed by atoms with Crippen molar-refractivity contribution in [1.29, 1.82) is 0 Å². The number of aromatic nitrogens is 1. The van der Waals surface area contributed by atoms with E-state index in [9.17, 15) is 0 Å². The number of nitrogens with two attached hydrogens (primary N) is 1. The monoisotopic (exact) mass is 294 g/mol. The van der Waals surface area contributed by atoms with Gasteiger partial charge in [-0.25, -0.2) is 4.98 Å². The summed E-state index contributed by atoms with van der Waals surface area (Å²) in [6.07, 6.45) is 6.24. The first kappa shape index (κ1) is 16.0. The second-order valence-corrected chi connectivity index (χ2v) is 9.03. The van der Waals surface area contributed by atoms with E-state index in [1.54, 1.807) is 11.3 Å². The number of hydrogen-bond acceptors (Lipinski definition) is 3. The first-order valence-corrected chi connectivity index (χ1v) is 8.78. The molecule has 0 amide bonds. The SMILES string of the molecule is CC(C)(C)c1csc(CC(N)C2CCCCC2(C)C)n1. The van der Waals surface area contributed by atoms with E-state index in [0.29, 0.717) is 11.3 Å². The Bertz CT molecular complexity index is 442. The molecule has 2 unspecified atom stereocenters. The predicted octanol–water partition coefficient (Wildman–Crippen LogP) is 4.53. The fraction of sp³-hybridized carbons (Fsp3) is 0.824. The standard InChI is InChI=1S/C17H30N2S/c1-16(2,3)14-11-20-15(19-14)10-13(18)12-8-6-7-9-17(12,4)5/h11-13H,6-10,18H2,1-5H3. The van der Waals surface area contributed by atoms with Gasteiger partial charge in [-0.05, 0) is 24.2 Å². The summed E-state index contributed by atoms with van der Waals surface area (Å²) < 4.78 is 0. The van der Waals surface area contributed by atoms with E-state index in [0.717, 1.165) is 6.42 Å². The van der Waals surface area contributed by atoms with Crippen molar-refractivity contribution in [3.05, 3.63) is 16.1 Å². The van der Waals surface area contributed by atoms with Crippen molar-refractivity contribution in [3.63, 3.8) is 0 Å². The molecule has 0 spiro atoms. The molecule has 1 aliphatic rings. The van der Waals surface area contributed by atoms with Crippen LogP contribution in [0.4, 0.5) is 0 Å². The number of thiazole rings is 1. The quantitative estimate of drug-likeness (QED) is 0.889. The van der Waals surface area contributed by atoms with E-state index >= 15 is 0 Å². The number of nitrogens with zero attached hydrogens (tertiary/aromatic N) is 1. The molecule has 0 bridgehead atoms. The summed E-state index contributed by atoms with van der Waals surface area (Å²) in [6, 6.07) is 0.254. The molecule has 0 aromatic carbocycles. The predicted molar refractivity (Wildman–Crippen MR) is 88.2 cm³/mol. The lowest BCUT2D eigenvalue weighted by Gasteiger charge is -2.41. The average molecular weight is 295 g/mol. The van der Waals surface area contributed by atoms with Crippen LogP contribution in [0.3, 0.4) is 0 Å². The summed E-state index contributed by atoms with van der Waals surface area (Å²) >= 11 is 1.78. The Kier molecular flexibility index (Phi) is 4.60. The zero-order valence-electron chi connectivity index (χ0n) is 13.7. The van der Waals surface area contributed by atoms with Gasteiger partial charge in [-0.15, -0.1) is 11.3 Å². The van der Waals surface area contributed by atoms with Crippen molar-refractivity contribution in [1.82, 2.24) is 4.98 Å². The molecule has 1 heterocycles. The fourth-order valence-electron chi connectivity index (χ4n) is 3.41. The van der Waals surface area contributed by atoms with E-state index in [1.807, 2.05) is 0 Å². The Morgan fingerprint density at radius 2 is 2.10 bits per heavy atom. The van der Waals surface area contributed by atoms with Crippen LogP contribution in [-0.4, -0.2) is 11.0 Å². The molecule has 0 saturated heterocycles. The van der Waals surface area contributed by atoms with Crippen LogP contribution in [0.25, 0.3) is 0 Å². The summed E-state index contributed by atoms with van der Waals surface area (Å²) in [5, 5.41) is 3.41. The normalized spacial score (nSPS) is 24.6. The second kappa shape index (κ2) is 5.76. The number of hydrogen-bond donors (Lipinski definition) is 1. The lowest BCUT2D eigenvalue weighted by atomic mass is 9.65. The summed E-state index contributed by atoms with van der Waals surface area (Å²) in [4.78, 5) is 4.80. The largest absolute Gasteiger partial charge is 0.327 e. The highest BCUT2D eigenvalue weighted by atomic mass is 32.1. The average Bonchev–Trinajstić information content (AvgIpc) is 2.76. The minimum absolute atomic E-state index is 0.142. The van der Waals surface area contributed by atoms with E-state index in [4.69, 9.17) is 10.7 Å². The molecule has 114 valence electrons. The molecular weight excluding hydrogens is 264 g/mol. The van der Waals surface area contributed by atoms with Crippen molar-refractivity contribution < 1.29 is 0 Å². The molecule has 0 aliphatic heterocycles. The summed E-state index contributed by atoms with van der Waals surface area (Å²) in [6.45, 7) is 11.4. The van der Waals surface area contributed by atoms with Gasteiger partial charge in [-0.3, -0.25) is 0 Å². The van der Waals surface area contributed by atoms with Gasteiger partial charge in [0.2, 0.25) is 0 Å². The van der Waals surface area contributed by atoms with E-state index in [2.05, 4.69) is 40.0 Å². The Balaban J connectivity index is 2.04. The molecule has 1 saturated carbocycles. The van der Waals surface area contributed by atoms with Gasteiger partial charge in [-0.1, -0.05) is 47.5 Å². The van der Waals surface area contributed by atoms with Crippen LogP contribution in [0.15, 0.2) is 5.38 Å². The summed E-state index contributed by atoms with van der Waals surface area (Å²) in [7, 11) is 0. The number of rotatable bonds is 3. The van der Waals surface area contributed by atoms with Crippen molar-refractivity contribution in [2.75, 3.05) is 0 Å². The molecule has 2 nitrogen and oxygen atoms in total. The first-order chi connectivity index (χ1) is 9.20. The Hall–Kier alpha value is -0.410. The highest BCUT2D eigenvalue weighted by Crippen LogP contribution is 2.42. The lowest BCUT2D eigenvalue weighted by molar-refractivity contribution is 0.112. The molecule has 2 N–H and O–H groups in total. The zero-order chi connectivity index (χ0) is 15.0. The minimum atomic E-state index is 0.142. The Morgan fingerprint density at radius 3 is 2.65 bits per heavy atom. The van der Waals surface area contributed by atoms with E-state index in [-0.39, 0.29) is 11.5 Å². The van der Waals surface area contributed by atoms with Gasteiger partial charge in [0.15, 0.2) is 0 Å². The minimum Gasteiger partial charge on any atom is -0.327 e. The van der Waals surface area contributed by atoms with Crippen molar-refractivity contribution in [3.8, 4) is 0 Å². The summed E-state index contributed by atoms with van der Waals surface area (Å²) in [5.74, 6) is 0.637. The van der Waals surface area contributed by atoms with Crippen LogP contribution < -0.4 is 5.73 Å². The van der Waals surface area contributed by atoms with Gasteiger partial charge >= 0.3 is 0 Å². The smallest absolute Gasteiger partial charge is 0.0944 e. The van der Waals surface area contributed by atoms with Crippen LogP contribution in [0.1, 0.15) is 71.0 Å². The third-order valence-electron chi connectivity index (χ3n) is 4.84. The third-order valence-corrected chi connectivity index (χ3v) is 5.71. The third kappa shape index (κ3) is 3.62. The van der Waals surface area contributed by atoms with Gasteiger partial charge < -0.3 is 5.73 Å². The van der Waals surface area contributed by atoms with Gasteiger partial charge in [0, 0.05) is 23.3 Å². The topological polar surface area (TPSA) is 38.9 Å². The van der Waals surface area contributed by atoms with Gasteiger partial charge in [0.25, 0.3) is 0 Å². The van der Waals surface area contributed by atoms with E-state index in [1.165, 1.54) is 36.4 Å². The maximum Gasteiger partial charge on any atom is 0.0944 e. The summed E-state index contributed by atoms with van der Waals surface area (Å²) in [5.41, 5.74) is 8.28. The maximum atomic E-state index is 6.54. The lowest BCUT2D eigenvalue weighted by Crippen LogP contribution is -2.43. The molecule has 1 fully saturated rings. The van der Waals surface area contributed by atoms with Gasteiger partial charge in [0.1, 0.15) is 0 Å². The molecule has 2 atom stereocenters. The first-order valence-electron chi connectivity index (χ1n) is 7.90. The van der Waals surface area contributed by atoms with Crippen molar-refractivity contribution in [2.45, 2.75) is 78.2 Å². The molecule has 0 radical (unpaired) electrons. The highest BCUT2D eigenvalue weighted by Gasteiger charge is 2.36. The molecule has 1 aliphatic carbocycles. The molecule has 1 aromatic heterocycles. The second-order valence-electron chi connectivity index (χ2n) is 8.09. The Labute approximate surface area is 128 Å². The van der Waals surface area contributed by atoms with Crippen molar-refractivity contribution >= 4 is 11.3 Å². The van der Waals surface area contributed by atoms with Crippen LogP contribution in [-0.2, 0) is 11.8 Å². The van der Waals surface area contributed by atoms with E-state index < -0.39 is 0 Å². The van der Waals surface area contributed by atoms with Crippen LogP contribution >= 0.6 is 11.3 Å². The Morgan fingerprint density at radius 1 is 1.40 bits per heavy atom. The van der Waals surface area contributed by atoms with Crippen LogP contribution in [0.2, 0.25) is 0 Å². The highest BCUT2D eigenvalue weighted by molar-refractivity contribution is 7.09. The van der Waals surface area contributed by atoms with Gasteiger partial charge in [0.05, 0.1) is 10.7 Å². The molecule has 3 heteroatoms. The maximum absolute atomic E-state index is 6.54. The zero-order valence-corrected chi connectivity index (χ0v) is 14.5. The van der Waals surface area contributed by atoms with Crippen LogP contribution in [0.5, 0.6) is 0 Å². The molecular formula is C17H30N2S. The fourth-order valence-corrected chi connectivity index (χ4v) is 4.50. The van der Waals surface area contributed by atoms with Crippen LogP contribution in [0, 0.1) is 11.3 Å². The molecule has 2 rings (SSSR count). The van der Waals surface area contributed by atoms with Crippen molar-refractivity contribution in [2.24, 2.45) is 17.1 Å². The molecule has 20 heavy (non-hydrogen) atoms. The van der Waals surface area contributed by atoms with Gasteiger partial charge in [-0.2, -0.15) is 0 Å². The molecule has 1 aromatic rings.